The molecule has 0 aromatic heterocycles. The van der Waals surface area contributed by atoms with Gasteiger partial charge in [0.1, 0.15) is 0 Å². The van der Waals surface area contributed by atoms with Crippen molar-refractivity contribution in [2.45, 2.75) is 23.8 Å². The van der Waals surface area contributed by atoms with Crippen molar-refractivity contribution in [1.82, 2.24) is 0 Å². The van der Waals surface area contributed by atoms with Crippen molar-refractivity contribution in [2.75, 3.05) is 24.8 Å². The number of thioether (sulfide) groups is 1. The summed E-state index contributed by atoms with van der Waals surface area (Å²) >= 11 is 7.76. The summed E-state index contributed by atoms with van der Waals surface area (Å²) in [5.74, 6) is 0. The first-order valence-corrected chi connectivity index (χ1v) is 7.07. The first kappa shape index (κ1) is 12.1. The number of anilines is 1. The van der Waals surface area contributed by atoms with Crippen molar-refractivity contribution in [1.29, 1.82) is 0 Å². The number of benzene rings is 1. The minimum atomic E-state index is 0.512. The van der Waals surface area contributed by atoms with Crippen LogP contribution < -0.4 is 5.32 Å². The monoisotopic (exact) mass is 257 g/mol. The first-order chi connectivity index (χ1) is 7.79. The van der Waals surface area contributed by atoms with Gasteiger partial charge in [-0.05, 0) is 37.3 Å². The van der Waals surface area contributed by atoms with E-state index in [-0.39, 0.29) is 0 Å². The number of halogens is 1. The summed E-state index contributed by atoms with van der Waals surface area (Å²) in [7, 11) is 0. The van der Waals surface area contributed by atoms with Crippen LogP contribution in [0.5, 0.6) is 0 Å². The van der Waals surface area contributed by atoms with Crippen LogP contribution in [0.4, 0.5) is 5.69 Å². The minimum Gasteiger partial charge on any atom is -0.381 e. The minimum absolute atomic E-state index is 0.512. The third-order valence-electron chi connectivity index (χ3n) is 2.74. The fourth-order valence-electron chi connectivity index (χ4n) is 1.85. The molecule has 0 bridgehead atoms. The molecule has 0 radical (unpaired) electrons. The summed E-state index contributed by atoms with van der Waals surface area (Å²) in [6.45, 7) is 1.71. The number of hydrogen-bond acceptors (Lipinski definition) is 3. The Balaban J connectivity index is 2.09. The second kappa shape index (κ2) is 5.80. The highest BCUT2D eigenvalue weighted by Crippen LogP contribution is 2.29. The van der Waals surface area contributed by atoms with Crippen LogP contribution in [-0.2, 0) is 4.74 Å². The summed E-state index contributed by atoms with van der Waals surface area (Å²) in [4.78, 5) is 1.25. The average molecular weight is 258 g/mol. The Morgan fingerprint density at radius 2 is 2.12 bits per heavy atom. The van der Waals surface area contributed by atoms with Gasteiger partial charge in [0.25, 0.3) is 0 Å². The predicted molar refractivity (Wildman–Crippen MR) is 70.7 cm³/mol. The average Bonchev–Trinajstić information content (AvgIpc) is 2.31. The Kier molecular flexibility index (Phi) is 4.38. The largest absolute Gasteiger partial charge is 0.381 e. The van der Waals surface area contributed by atoms with Gasteiger partial charge in [0.05, 0.1) is 0 Å². The van der Waals surface area contributed by atoms with E-state index in [2.05, 4.69) is 17.6 Å². The van der Waals surface area contributed by atoms with Crippen LogP contribution >= 0.6 is 23.4 Å². The molecule has 0 spiro atoms. The normalized spacial score (nSPS) is 17.4. The van der Waals surface area contributed by atoms with Crippen molar-refractivity contribution in [3.63, 3.8) is 0 Å². The lowest BCUT2D eigenvalue weighted by molar-refractivity contribution is 0.0904. The Morgan fingerprint density at radius 3 is 2.81 bits per heavy atom. The maximum absolute atomic E-state index is 6.02. The van der Waals surface area contributed by atoms with Gasteiger partial charge in [-0.2, -0.15) is 0 Å². The Bertz CT molecular complexity index is 353. The molecule has 1 heterocycles. The second-order valence-electron chi connectivity index (χ2n) is 3.88. The molecule has 2 rings (SSSR count). The highest BCUT2D eigenvalue weighted by molar-refractivity contribution is 7.98. The van der Waals surface area contributed by atoms with Crippen molar-refractivity contribution in [3.05, 3.63) is 23.2 Å². The number of ether oxygens (including phenoxy) is 1. The van der Waals surface area contributed by atoms with Gasteiger partial charge in [-0.1, -0.05) is 11.6 Å². The molecule has 0 aliphatic carbocycles. The molecule has 0 atom stereocenters. The summed E-state index contributed by atoms with van der Waals surface area (Å²) in [6.07, 6.45) is 4.22. The molecule has 1 aromatic rings. The molecule has 1 aliphatic heterocycles. The maximum atomic E-state index is 6.02. The number of nitrogens with one attached hydrogen (secondary N) is 1. The number of hydrogen-bond donors (Lipinski definition) is 1. The van der Waals surface area contributed by atoms with E-state index in [9.17, 15) is 0 Å². The van der Waals surface area contributed by atoms with Crippen LogP contribution in [0.1, 0.15) is 12.8 Å². The molecule has 0 unspecified atom stereocenters. The summed E-state index contributed by atoms with van der Waals surface area (Å²) in [5.41, 5.74) is 1.15. The summed E-state index contributed by atoms with van der Waals surface area (Å²) in [5, 5.41) is 4.34. The fourth-order valence-corrected chi connectivity index (χ4v) is 2.57. The van der Waals surface area contributed by atoms with Gasteiger partial charge < -0.3 is 10.1 Å². The molecular formula is C12H16ClNOS. The fraction of sp³-hybridized carbons (Fsp3) is 0.500. The zero-order valence-electron chi connectivity index (χ0n) is 9.33. The van der Waals surface area contributed by atoms with E-state index in [1.807, 2.05) is 12.1 Å². The van der Waals surface area contributed by atoms with E-state index in [0.29, 0.717) is 6.04 Å². The number of rotatable bonds is 3. The molecular weight excluding hydrogens is 242 g/mol. The van der Waals surface area contributed by atoms with E-state index < -0.39 is 0 Å². The van der Waals surface area contributed by atoms with Crippen molar-refractivity contribution < 1.29 is 4.74 Å². The zero-order chi connectivity index (χ0) is 11.4. The van der Waals surface area contributed by atoms with Crippen molar-refractivity contribution >= 4 is 29.1 Å². The molecule has 2 nitrogen and oxygen atoms in total. The topological polar surface area (TPSA) is 21.3 Å². The highest BCUT2D eigenvalue weighted by Gasteiger charge is 2.14. The van der Waals surface area contributed by atoms with Gasteiger partial charge in [0, 0.05) is 34.9 Å². The quantitative estimate of drug-likeness (QED) is 0.836. The Labute approximate surface area is 106 Å². The van der Waals surface area contributed by atoms with Gasteiger partial charge >= 0.3 is 0 Å². The lowest BCUT2D eigenvalue weighted by atomic mass is 10.1. The van der Waals surface area contributed by atoms with Crippen molar-refractivity contribution in [2.24, 2.45) is 0 Å². The molecule has 1 N–H and O–H groups in total. The van der Waals surface area contributed by atoms with Gasteiger partial charge in [-0.15, -0.1) is 11.8 Å². The van der Waals surface area contributed by atoms with Crippen LogP contribution in [0.25, 0.3) is 0 Å². The molecule has 88 valence electrons. The lowest BCUT2D eigenvalue weighted by Gasteiger charge is -2.25. The molecule has 1 aliphatic rings. The van der Waals surface area contributed by atoms with E-state index >= 15 is 0 Å². The third kappa shape index (κ3) is 3.06. The molecule has 0 amide bonds. The Morgan fingerprint density at radius 1 is 1.38 bits per heavy atom. The van der Waals surface area contributed by atoms with Crippen LogP contribution in [0.2, 0.25) is 5.02 Å². The Hall–Kier alpha value is -0.380. The first-order valence-electron chi connectivity index (χ1n) is 5.47. The standard InChI is InChI=1S/C12H16ClNOS/c1-16-12-3-2-9(13)8-11(12)14-10-4-6-15-7-5-10/h2-3,8,10,14H,4-7H2,1H3. The smallest absolute Gasteiger partial charge is 0.0495 e. The van der Waals surface area contributed by atoms with E-state index in [1.165, 1.54) is 4.90 Å². The summed E-state index contributed by atoms with van der Waals surface area (Å²) < 4.78 is 5.35. The van der Waals surface area contributed by atoms with Crippen LogP contribution in [0, 0.1) is 0 Å². The lowest BCUT2D eigenvalue weighted by Crippen LogP contribution is -2.28. The predicted octanol–water partition coefficient (Wildman–Crippen LogP) is 3.65. The zero-order valence-corrected chi connectivity index (χ0v) is 10.9. The third-order valence-corrected chi connectivity index (χ3v) is 3.77. The highest BCUT2D eigenvalue weighted by atomic mass is 35.5. The van der Waals surface area contributed by atoms with Gasteiger partial charge in [-0.3, -0.25) is 0 Å². The second-order valence-corrected chi connectivity index (χ2v) is 5.16. The van der Waals surface area contributed by atoms with Crippen LogP contribution in [-0.4, -0.2) is 25.5 Å². The molecule has 4 heteroatoms. The van der Waals surface area contributed by atoms with Crippen LogP contribution in [0.15, 0.2) is 23.1 Å². The molecule has 1 aromatic carbocycles. The van der Waals surface area contributed by atoms with Crippen LogP contribution in [0.3, 0.4) is 0 Å². The molecule has 0 saturated carbocycles. The van der Waals surface area contributed by atoms with Gasteiger partial charge in [0.2, 0.25) is 0 Å². The SMILES string of the molecule is CSc1ccc(Cl)cc1NC1CCOCC1. The molecule has 1 fully saturated rings. The maximum Gasteiger partial charge on any atom is 0.0495 e. The van der Waals surface area contributed by atoms with E-state index in [1.54, 1.807) is 11.8 Å². The molecule has 16 heavy (non-hydrogen) atoms. The summed E-state index contributed by atoms with van der Waals surface area (Å²) in [6, 6.07) is 6.51. The van der Waals surface area contributed by atoms with E-state index in [0.717, 1.165) is 36.8 Å². The van der Waals surface area contributed by atoms with Crippen molar-refractivity contribution in [3.8, 4) is 0 Å². The molecule has 1 saturated heterocycles. The van der Waals surface area contributed by atoms with Gasteiger partial charge in [0.15, 0.2) is 0 Å². The van der Waals surface area contributed by atoms with E-state index in [4.69, 9.17) is 16.3 Å². The van der Waals surface area contributed by atoms with Gasteiger partial charge in [-0.25, -0.2) is 0 Å².